The second-order valence-corrected chi connectivity index (χ2v) is 8.57. The third kappa shape index (κ3) is 2.99. The third-order valence-electron chi connectivity index (χ3n) is 6.35. The first-order valence-corrected chi connectivity index (χ1v) is 10.9. The SMILES string of the molecule is COc1cc2c([nH]c3ccnc(Nc4cc(C5CC5)nn4C)c32)c(F)c1-c1c(C)noc1C. The maximum atomic E-state index is 16.0. The number of fused-ring (bicyclic) bond motifs is 3. The van der Waals surface area contributed by atoms with E-state index in [0.717, 1.165) is 22.4 Å². The number of halogens is 1. The Hall–Kier alpha value is -3.88. The summed E-state index contributed by atoms with van der Waals surface area (Å²) in [6.45, 7) is 3.55. The number of methoxy groups -OCH3 is 1. The lowest BCUT2D eigenvalue weighted by Gasteiger charge is -2.11. The summed E-state index contributed by atoms with van der Waals surface area (Å²) in [6, 6.07) is 5.73. The van der Waals surface area contributed by atoms with E-state index >= 15 is 4.39 Å². The van der Waals surface area contributed by atoms with Gasteiger partial charge >= 0.3 is 0 Å². The van der Waals surface area contributed by atoms with Crippen LogP contribution in [0, 0.1) is 19.7 Å². The molecule has 1 saturated carbocycles. The molecule has 1 aliphatic carbocycles. The van der Waals surface area contributed by atoms with Crippen LogP contribution in [0.15, 0.2) is 28.9 Å². The summed E-state index contributed by atoms with van der Waals surface area (Å²) in [7, 11) is 3.44. The number of rotatable bonds is 5. The summed E-state index contributed by atoms with van der Waals surface area (Å²) in [5.74, 6) is 2.53. The lowest BCUT2D eigenvalue weighted by atomic mass is 10.00. The zero-order chi connectivity index (χ0) is 22.9. The molecular weight excluding hydrogens is 423 g/mol. The molecule has 0 bridgehead atoms. The molecule has 5 aromatic rings. The second kappa shape index (κ2) is 7.06. The van der Waals surface area contributed by atoms with E-state index in [2.05, 4.69) is 31.6 Å². The number of aryl methyl sites for hydroxylation is 3. The van der Waals surface area contributed by atoms with Gasteiger partial charge in [-0.05, 0) is 38.8 Å². The second-order valence-electron chi connectivity index (χ2n) is 8.57. The molecule has 1 aromatic carbocycles. The minimum Gasteiger partial charge on any atom is -0.496 e. The van der Waals surface area contributed by atoms with Crippen LogP contribution in [0.4, 0.5) is 16.0 Å². The van der Waals surface area contributed by atoms with Crippen LogP contribution in [-0.2, 0) is 7.05 Å². The van der Waals surface area contributed by atoms with Crippen LogP contribution < -0.4 is 10.1 Å². The Labute approximate surface area is 188 Å². The van der Waals surface area contributed by atoms with Crippen molar-refractivity contribution in [3.63, 3.8) is 0 Å². The molecule has 8 nitrogen and oxygen atoms in total. The van der Waals surface area contributed by atoms with Crippen LogP contribution in [0.1, 0.15) is 35.9 Å². The summed E-state index contributed by atoms with van der Waals surface area (Å²) in [4.78, 5) is 7.79. The molecule has 4 heterocycles. The van der Waals surface area contributed by atoms with E-state index in [4.69, 9.17) is 9.26 Å². The van der Waals surface area contributed by atoms with Crippen LogP contribution in [0.25, 0.3) is 32.9 Å². The first-order valence-electron chi connectivity index (χ1n) is 10.9. The third-order valence-corrected chi connectivity index (χ3v) is 6.35. The minimum atomic E-state index is -0.419. The molecule has 0 radical (unpaired) electrons. The van der Waals surface area contributed by atoms with Gasteiger partial charge in [-0.25, -0.2) is 9.37 Å². The van der Waals surface area contributed by atoms with Crippen LogP contribution in [-0.4, -0.2) is 32.0 Å². The van der Waals surface area contributed by atoms with Crippen LogP contribution in [0.5, 0.6) is 5.75 Å². The van der Waals surface area contributed by atoms with E-state index in [1.165, 1.54) is 20.0 Å². The zero-order valence-electron chi connectivity index (χ0n) is 18.8. The molecule has 9 heteroatoms. The van der Waals surface area contributed by atoms with Crippen molar-refractivity contribution >= 4 is 33.4 Å². The summed E-state index contributed by atoms with van der Waals surface area (Å²) < 4.78 is 28.7. The van der Waals surface area contributed by atoms with Crippen molar-refractivity contribution in [3.8, 4) is 16.9 Å². The van der Waals surface area contributed by atoms with E-state index in [9.17, 15) is 0 Å². The van der Waals surface area contributed by atoms with Gasteiger partial charge in [-0.15, -0.1) is 0 Å². The van der Waals surface area contributed by atoms with Crippen molar-refractivity contribution in [2.45, 2.75) is 32.6 Å². The van der Waals surface area contributed by atoms with E-state index < -0.39 is 5.82 Å². The number of anilines is 2. The molecule has 0 aliphatic heterocycles. The smallest absolute Gasteiger partial charge is 0.159 e. The number of aromatic nitrogens is 5. The van der Waals surface area contributed by atoms with Crippen LogP contribution in [0.2, 0.25) is 0 Å². The molecule has 168 valence electrons. The van der Waals surface area contributed by atoms with Gasteiger partial charge < -0.3 is 19.6 Å². The Balaban J connectivity index is 1.56. The molecule has 0 unspecified atom stereocenters. The number of hydrogen-bond acceptors (Lipinski definition) is 6. The fourth-order valence-electron chi connectivity index (χ4n) is 4.55. The van der Waals surface area contributed by atoms with E-state index in [1.54, 1.807) is 20.0 Å². The molecule has 4 aromatic heterocycles. The average Bonchev–Trinajstić information content (AvgIpc) is 3.38. The Morgan fingerprint density at radius 1 is 1.24 bits per heavy atom. The molecule has 33 heavy (non-hydrogen) atoms. The van der Waals surface area contributed by atoms with Crippen molar-refractivity contribution in [1.82, 2.24) is 24.9 Å². The van der Waals surface area contributed by atoms with Gasteiger partial charge in [0.2, 0.25) is 0 Å². The van der Waals surface area contributed by atoms with Crippen LogP contribution in [0.3, 0.4) is 0 Å². The fourth-order valence-corrected chi connectivity index (χ4v) is 4.55. The average molecular weight is 446 g/mol. The standard InChI is InChI=1S/C24H23FN6O2/c1-11-19(12(2)33-30-11)21-17(32-4)9-14-20-15(27-23(14)22(21)25)7-8-26-24(20)28-18-10-16(13-5-6-13)29-31(18)3/h7-10,13,27H,5-6H2,1-4H3,(H,26,28). The Kier molecular flexibility index (Phi) is 4.23. The molecule has 0 spiro atoms. The number of H-pyrrole nitrogens is 1. The van der Waals surface area contributed by atoms with Gasteiger partial charge in [-0.1, -0.05) is 5.16 Å². The minimum absolute atomic E-state index is 0.330. The summed E-state index contributed by atoms with van der Waals surface area (Å²) in [5, 5.41) is 13.5. The van der Waals surface area contributed by atoms with Gasteiger partial charge in [-0.2, -0.15) is 5.10 Å². The van der Waals surface area contributed by atoms with E-state index in [0.29, 0.717) is 51.0 Å². The van der Waals surface area contributed by atoms with Gasteiger partial charge in [0.1, 0.15) is 23.1 Å². The highest BCUT2D eigenvalue weighted by atomic mass is 19.1. The van der Waals surface area contributed by atoms with Crippen LogP contribution >= 0.6 is 0 Å². The molecule has 6 rings (SSSR count). The normalized spacial score (nSPS) is 13.8. The lowest BCUT2D eigenvalue weighted by Crippen LogP contribution is -2.01. The Morgan fingerprint density at radius 3 is 2.76 bits per heavy atom. The van der Waals surface area contributed by atoms with E-state index in [1.807, 2.05) is 23.9 Å². The largest absolute Gasteiger partial charge is 0.496 e. The quantitative estimate of drug-likeness (QED) is 0.371. The van der Waals surface area contributed by atoms with Crippen molar-refractivity contribution < 1.29 is 13.7 Å². The molecule has 1 aliphatic rings. The van der Waals surface area contributed by atoms with E-state index in [-0.39, 0.29) is 0 Å². The summed E-state index contributed by atoms with van der Waals surface area (Å²) in [5.41, 5.74) is 3.76. The van der Waals surface area contributed by atoms with Gasteiger partial charge in [0, 0.05) is 30.6 Å². The maximum absolute atomic E-state index is 16.0. The number of nitrogens with zero attached hydrogens (tertiary/aromatic N) is 4. The number of nitrogens with one attached hydrogen (secondary N) is 2. The van der Waals surface area contributed by atoms with Crippen molar-refractivity contribution in [3.05, 3.63) is 47.4 Å². The maximum Gasteiger partial charge on any atom is 0.159 e. The molecular formula is C24H23FN6O2. The molecule has 0 atom stereocenters. The predicted octanol–water partition coefficient (Wildman–Crippen LogP) is 5.49. The first kappa shape index (κ1) is 19.8. The number of hydrogen-bond donors (Lipinski definition) is 2. The molecule has 0 saturated heterocycles. The summed E-state index contributed by atoms with van der Waals surface area (Å²) in [6.07, 6.45) is 4.06. The fraction of sp³-hybridized carbons (Fsp3) is 0.292. The Morgan fingerprint density at radius 2 is 2.06 bits per heavy atom. The monoisotopic (exact) mass is 446 g/mol. The van der Waals surface area contributed by atoms with Gasteiger partial charge in [-0.3, -0.25) is 4.68 Å². The Bertz CT molecular complexity index is 1520. The van der Waals surface area contributed by atoms with Crippen molar-refractivity contribution in [2.75, 3.05) is 12.4 Å². The highest BCUT2D eigenvalue weighted by molar-refractivity contribution is 6.14. The van der Waals surface area contributed by atoms with Crippen molar-refractivity contribution in [1.29, 1.82) is 0 Å². The predicted molar refractivity (Wildman–Crippen MR) is 124 cm³/mol. The molecule has 0 amide bonds. The number of aromatic amines is 1. The summed E-state index contributed by atoms with van der Waals surface area (Å²) >= 11 is 0. The van der Waals surface area contributed by atoms with Gasteiger partial charge in [0.25, 0.3) is 0 Å². The topological polar surface area (TPSA) is 93.8 Å². The molecule has 1 fully saturated rings. The highest BCUT2D eigenvalue weighted by Crippen LogP contribution is 2.44. The lowest BCUT2D eigenvalue weighted by molar-refractivity contribution is 0.393. The number of ether oxygens (including phenoxy) is 1. The molecule has 2 N–H and O–H groups in total. The highest BCUT2D eigenvalue weighted by Gasteiger charge is 2.28. The van der Waals surface area contributed by atoms with Gasteiger partial charge in [0.15, 0.2) is 5.82 Å². The van der Waals surface area contributed by atoms with Crippen molar-refractivity contribution in [2.24, 2.45) is 7.05 Å². The number of benzene rings is 1. The first-order chi connectivity index (χ1) is 16.0. The zero-order valence-corrected chi connectivity index (χ0v) is 18.8. The number of pyridine rings is 1. The van der Waals surface area contributed by atoms with Gasteiger partial charge in [0.05, 0.1) is 46.0 Å².